The van der Waals surface area contributed by atoms with E-state index in [0.717, 1.165) is 0 Å². The minimum absolute atomic E-state index is 0. The molecule has 0 aliphatic heterocycles. The first-order valence-corrected chi connectivity index (χ1v) is 2.87. The molecule has 0 bridgehead atoms. The van der Waals surface area contributed by atoms with Crippen LogP contribution in [0.15, 0.2) is 18.2 Å². The molecule has 0 radical (unpaired) electrons. The summed E-state index contributed by atoms with van der Waals surface area (Å²) in [7, 11) is 0. The van der Waals surface area contributed by atoms with E-state index in [4.69, 9.17) is 23.2 Å². The van der Waals surface area contributed by atoms with Crippen molar-refractivity contribution in [2.75, 3.05) is 0 Å². The minimum Gasteiger partial charge on any atom is -1.00 e. The van der Waals surface area contributed by atoms with Crippen LogP contribution in [0.3, 0.4) is 0 Å². The van der Waals surface area contributed by atoms with Crippen molar-refractivity contribution in [3.05, 3.63) is 34.3 Å². The van der Waals surface area contributed by atoms with Crippen LogP contribution in [0.2, 0.25) is 10.0 Å². The summed E-state index contributed by atoms with van der Waals surface area (Å²) >= 11 is 11.0. The van der Waals surface area contributed by atoms with Crippen LogP contribution in [-0.4, -0.2) is 23.1 Å². The van der Waals surface area contributed by atoms with Gasteiger partial charge >= 0.3 is 23.1 Å². The second-order valence-electron chi connectivity index (χ2n) is 1.35. The summed E-state index contributed by atoms with van der Waals surface area (Å²) in [6.45, 7) is 0. The molecular weight excluding hydrogens is 294 g/mol. The third kappa shape index (κ3) is 5.01. The molecule has 0 aromatic heterocycles. The summed E-state index contributed by atoms with van der Waals surface area (Å²) < 4.78 is 0. The Kier molecular flexibility index (Phi) is 9.66. The molecule has 0 saturated heterocycles. The molecule has 1 aromatic carbocycles. The predicted octanol–water partition coefficient (Wildman–Crippen LogP) is -0.583. The van der Waals surface area contributed by atoms with Gasteiger partial charge in [0.2, 0.25) is 0 Å². The first-order valence-electron chi connectivity index (χ1n) is 2.12. The summed E-state index contributed by atoms with van der Waals surface area (Å²) in [6, 6.07) is 7.78. The van der Waals surface area contributed by atoms with Crippen LogP contribution < -0.4 is 24.0 Å². The molecule has 50 valence electrons. The van der Waals surface area contributed by atoms with Crippen molar-refractivity contribution in [1.29, 1.82) is 0 Å². The molecule has 1 rings (SSSR count). The van der Waals surface area contributed by atoms with Crippen LogP contribution >= 0.6 is 23.2 Å². The van der Waals surface area contributed by atoms with Gasteiger partial charge in [-0.1, -0.05) is 10.0 Å². The van der Waals surface area contributed by atoms with Gasteiger partial charge in [-0.05, 0) is 0 Å². The topological polar surface area (TPSA) is 0 Å². The molecule has 0 saturated carbocycles. The first-order chi connectivity index (χ1) is 3.79. The van der Waals surface area contributed by atoms with Gasteiger partial charge in [0, 0.05) is 0 Å². The molecule has 0 aliphatic rings. The van der Waals surface area contributed by atoms with Crippen LogP contribution in [0.5, 0.6) is 0 Å². The Morgan fingerprint density at radius 3 is 2.10 bits per heavy atom. The number of benzene rings is 1. The Morgan fingerprint density at radius 1 is 1.20 bits per heavy atom. The van der Waals surface area contributed by atoms with Crippen molar-refractivity contribution < 1.29 is 24.0 Å². The zero-order valence-corrected chi connectivity index (χ0v) is 10.2. The zero-order chi connectivity index (χ0) is 5.98. The zero-order valence-electron chi connectivity index (χ0n) is 5.07. The van der Waals surface area contributed by atoms with Crippen molar-refractivity contribution in [2.24, 2.45) is 0 Å². The molecule has 0 N–H and O–H groups in total. The standard InChI is InChI=1S/C6H3Cl2.HI.Mg/c7-5-1-2-6(8)4-3-5;;/h1-3H;1H;/q-1;;+2/p-1. The average Bonchev–Trinajstić information content (AvgIpc) is 1.77. The number of hydrogen-bond acceptors (Lipinski definition) is 0. The molecule has 0 atom stereocenters. The van der Waals surface area contributed by atoms with Gasteiger partial charge in [0.1, 0.15) is 0 Å². The molecule has 0 nitrogen and oxygen atoms in total. The van der Waals surface area contributed by atoms with E-state index in [1.165, 1.54) is 0 Å². The summed E-state index contributed by atoms with van der Waals surface area (Å²) in [4.78, 5) is 0. The molecule has 0 aliphatic carbocycles. The van der Waals surface area contributed by atoms with E-state index in [2.05, 4.69) is 6.07 Å². The van der Waals surface area contributed by atoms with Crippen molar-refractivity contribution in [3.8, 4) is 0 Å². The molecule has 4 heteroatoms. The van der Waals surface area contributed by atoms with E-state index in [9.17, 15) is 0 Å². The molecular formula is C6H3Cl2IMg. The van der Waals surface area contributed by atoms with E-state index >= 15 is 0 Å². The van der Waals surface area contributed by atoms with E-state index in [-0.39, 0.29) is 47.0 Å². The molecule has 1 aromatic rings. The van der Waals surface area contributed by atoms with Gasteiger partial charge in [-0.15, -0.1) is 11.6 Å². The Hall–Kier alpha value is 1.30. The number of halogens is 3. The van der Waals surface area contributed by atoms with Gasteiger partial charge in [-0.25, -0.2) is 0 Å². The van der Waals surface area contributed by atoms with Crippen LogP contribution in [0.4, 0.5) is 0 Å². The predicted molar refractivity (Wildman–Crippen MR) is 41.1 cm³/mol. The first kappa shape index (κ1) is 13.9. The normalized spacial score (nSPS) is 7.40. The average molecular weight is 297 g/mol. The molecule has 0 amide bonds. The van der Waals surface area contributed by atoms with Crippen molar-refractivity contribution in [1.82, 2.24) is 0 Å². The third-order valence-electron chi connectivity index (χ3n) is 0.737. The Balaban J connectivity index is 0. The third-order valence-corrected chi connectivity index (χ3v) is 1.21. The van der Waals surface area contributed by atoms with E-state index in [0.29, 0.717) is 10.0 Å². The molecule has 0 heterocycles. The molecule has 10 heavy (non-hydrogen) atoms. The van der Waals surface area contributed by atoms with E-state index in [1.54, 1.807) is 18.2 Å². The second-order valence-corrected chi connectivity index (χ2v) is 2.20. The van der Waals surface area contributed by atoms with E-state index in [1.807, 2.05) is 0 Å². The van der Waals surface area contributed by atoms with Gasteiger partial charge in [-0.3, -0.25) is 0 Å². The maximum absolute atomic E-state index is 5.52. The van der Waals surface area contributed by atoms with Crippen LogP contribution in [0.25, 0.3) is 0 Å². The van der Waals surface area contributed by atoms with E-state index < -0.39 is 0 Å². The maximum Gasteiger partial charge on any atom is 2.00 e. The number of rotatable bonds is 0. The van der Waals surface area contributed by atoms with Gasteiger partial charge in [0.25, 0.3) is 0 Å². The number of hydrogen-bond donors (Lipinski definition) is 0. The SMILES string of the molecule is Clc1[c-]cc(Cl)cc1.[I-].[Mg+2]. The van der Waals surface area contributed by atoms with Crippen molar-refractivity contribution >= 4 is 46.3 Å². The fraction of sp³-hybridized carbons (Fsp3) is 0. The smallest absolute Gasteiger partial charge is 1.00 e. The summed E-state index contributed by atoms with van der Waals surface area (Å²) in [6.07, 6.45) is 0. The summed E-state index contributed by atoms with van der Waals surface area (Å²) in [5.74, 6) is 0. The Labute approximate surface area is 103 Å². The summed E-state index contributed by atoms with van der Waals surface area (Å²) in [5.41, 5.74) is 0. The summed E-state index contributed by atoms with van der Waals surface area (Å²) in [5, 5.41) is 1.25. The fourth-order valence-electron chi connectivity index (χ4n) is 0.387. The molecule has 0 spiro atoms. The van der Waals surface area contributed by atoms with Gasteiger partial charge < -0.3 is 24.0 Å². The van der Waals surface area contributed by atoms with Crippen molar-refractivity contribution in [2.45, 2.75) is 0 Å². The van der Waals surface area contributed by atoms with Crippen LogP contribution in [0.1, 0.15) is 0 Å². The molecule has 0 fully saturated rings. The second kappa shape index (κ2) is 6.97. The molecule has 0 unspecified atom stereocenters. The van der Waals surface area contributed by atoms with Crippen LogP contribution in [0, 0.1) is 6.07 Å². The Morgan fingerprint density at radius 2 is 1.80 bits per heavy atom. The Bertz CT molecular complexity index is 155. The monoisotopic (exact) mass is 296 g/mol. The van der Waals surface area contributed by atoms with Gasteiger partial charge in [0.15, 0.2) is 0 Å². The van der Waals surface area contributed by atoms with Crippen LogP contribution in [-0.2, 0) is 0 Å². The largest absolute Gasteiger partial charge is 2.00 e. The minimum atomic E-state index is 0. The maximum atomic E-state index is 5.52. The fourth-order valence-corrected chi connectivity index (χ4v) is 0.622. The quantitative estimate of drug-likeness (QED) is 0.341. The van der Waals surface area contributed by atoms with Gasteiger partial charge in [0.05, 0.1) is 0 Å². The van der Waals surface area contributed by atoms with Crippen molar-refractivity contribution in [3.63, 3.8) is 0 Å². The van der Waals surface area contributed by atoms with Gasteiger partial charge in [-0.2, -0.15) is 35.9 Å².